The third kappa shape index (κ3) is 5.70. The van der Waals surface area contributed by atoms with Gasteiger partial charge in [0.05, 0.1) is 33.5 Å². The van der Waals surface area contributed by atoms with Gasteiger partial charge < -0.3 is 18.9 Å². The quantitative estimate of drug-likeness (QED) is 0.423. The van der Waals surface area contributed by atoms with Crippen LogP contribution in [0.1, 0.15) is 53.2 Å². The van der Waals surface area contributed by atoms with Crippen LogP contribution in [0.2, 0.25) is 0 Å². The highest BCUT2D eigenvalue weighted by atomic mass is 16.5. The fourth-order valence-electron chi connectivity index (χ4n) is 4.14. The fraction of sp³-hybridized carbons (Fsp3) is 0.480. The summed E-state index contributed by atoms with van der Waals surface area (Å²) in [6, 6.07) is 12.5. The van der Waals surface area contributed by atoms with Crippen molar-refractivity contribution >= 4 is 5.97 Å². The second-order valence-electron chi connectivity index (χ2n) is 7.86. The van der Waals surface area contributed by atoms with Gasteiger partial charge in [0.1, 0.15) is 0 Å². The molecule has 1 heterocycles. The fourth-order valence-corrected chi connectivity index (χ4v) is 4.14. The average molecular weight is 428 g/mol. The molecule has 31 heavy (non-hydrogen) atoms. The molecule has 1 unspecified atom stereocenters. The maximum absolute atomic E-state index is 12.6. The van der Waals surface area contributed by atoms with Crippen molar-refractivity contribution < 1.29 is 23.7 Å². The molecular formula is C25H33NO5. The molecule has 2 aromatic rings. The summed E-state index contributed by atoms with van der Waals surface area (Å²) in [5.41, 5.74) is 3.04. The summed E-state index contributed by atoms with van der Waals surface area (Å²) in [5.74, 6) is 0.924. The lowest BCUT2D eigenvalue weighted by molar-refractivity contribution is 0.0471. The Kier molecular flexibility index (Phi) is 8.18. The molecule has 168 valence electrons. The van der Waals surface area contributed by atoms with Crippen LogP contribution in [-0.2, 0) is 4.74 Å². The van der Waals surface area contributed by atoms with Crippen LogP contribution in [0.25, 0.3) is 0 Å². The highest BCUT2D eigenvalue weighted by molar-refractivity contribution is 5.91. The van der Waals surface area contributed by atoms with Crippen molar-refractivity contribution in [3.8, 4) is 17.2 Å². The Balaban J connectivity index is 1.56. The van der Waals surface area contributed by atoms with Gasteiger partial charge in [0.15, 0.2) is 11.5 Å². The van der Waals surface area contributed by atoms with Gasteiger partial charge in [-0.25, -0.2) is 4.79 Å². The Morgan fingerprint density at radius 2 is 1.68 bits per heavy atom. The minimum atomic E-state index is -0.395. The number of likely N-dealkylation sites (tertiary alicyclic amines) is 1. The third-order valence-electron chi connectivity index (χ3n) is 5.80. The summed E-state index contributed by atoms with van der Waals surface area (Å²) < 4.78 is 21.5. The van der Waals surface area contributed by atoms with Gasteiger partial charge in [-0.2, -0.15) is 0 Å². The summed E-state index contributed by atoms with van der Waals surface area (Å²) in [7, 11) is 4.58. The molecule has 1 fully saturated rings. The molecule has 0 amide bonds. The van der Waals surface area contributed by atoms with Crippen LogP contribution in [0.15, 0.2) is 36.4 Å². The number of hydrogen-bond acceptors (Lipinski definition) is 6. The van der Waals surface area contributed by atoms with Crippen LogP contribution >= 0.6 is 0 Å². The number of aryl methyl sites for hydroxylation is 1. The number of hydrogen-bond donors (Lipinski definition) is 0. The van der Waals surface area contributed by atoms with Gasteiger partial charge in [0.2, 0.25) is 5.75 Å². The van der Waals surface area contributed by atoms with Crippen molar-refractivity contribution in [1.82, 2.24) is 4.90 Å². The van der Waals surface area contributed by atoms with E-state index in [1.54, 1.807) is 12.1 Å². The lowest BCUT2D eigenvalue weighted by atomic mass is 9.94. The van der Waals surface area contributed by atoms with E-state index in [0.717, 1.165) is 19.5 Å². The molecule has 6 nitrogen and oxygen atoms in total. The molecule has 1 atom stereocenters. The predicted molar refractivity (Wildman–Crippen MR) is 120 cm³/mol. The van der Waals surface area contributed by atoms with E-state index >= 15 is 0 Å². The van der Waals surface area contributed by atoms with Crippen molar-refractivity contribution in [3.63, 3.8) is 0 Å². The zero-order chi connectivity index (χ0) is 22.2. The van der Waals surface area contributed by atoms with E-state index < -0.39 is 5.97 Å². The second-order valence-corrected chi connectivity index (χ2v) is 7.86. The Labute approximate surface area is 185 Å². The van der Waals surface area contributed by atoms with Crippen LogP contribution in [-0.4, -0.2) is 51.9 Å². The van der Waals surface area contributed by atoms with Crippen LogP contribution < -0.4 is 14.2 Å². The average Bonchev–Trinajstić information content (AvgIpc) is 2.81. The highest BCUT2D eigenvalue weighted by Crippen LogP contribution is 2.38. The molecule has 0 bridgehead atoms. The SMILES string of the molecule is COc1cc(C(=O)OCCCN2CCCCC2c2ccc(C)cc2)cc(OC)c1OC. The van der Waals surface area contributed by atoms with E-state index in [1.165, 1.54) is 51.7 Å². The van der Waals surface area contributed by atoms with E-state index in [2.05, 4.69) is 36.1 Å². The maximum Gasteiger partial charge on any atom is 0.338 e. The summed E-state index contributed by atoms with van der Waals surface area (Å²) in [5, 5.41) is 0. The first-order chi connectivity index (χ1) is 15.1. The van der Waals surface area contributed by atoms with Gasteiger partial charge in [-0.1, -0.05) is 36.2 Å². The Morgan fingerprint density at radius 1 is 1.00 bits per heavy atom. The van der Waals surface area contributed by atoms with E-state index in [4.69, 9.17) is 18.9 Å². The normalized spacial score (nSPS) is 16.6. The number of ether oxygens (including phenoxy) is 4. The first-order valence-electron chi connectivity index (χ1n) is 10.8. The first kappa shape index (κ1) is 22.9. The van der Waals surface area contributed by atoms with Gasteiger partial charge in [-0.3, -0.25) is 4.90 Å². The smallest absolute Gasteiger partial charge is 0.338 e. The number of benzene rings is 2. The zero-order valence-electron chi connectivity index (χ0n) is 19.0. The minimum Gasteiger partial charge on any atom is -0.493 e. The zero-order valence-corrected chi connectivity index (χ0v) is 19.0. The van der Waals surface area contributed by atoms with Gasteiger partial charge in [-0.05, 0) is 50.4 Å². The molecule has 6 heteroatoms. The molecule has 1 aliphatic rings. The molecule has 1 aliphatic heterocycles. The summed E-state index contributed by atoms with van der Waals surface area (Å²) in [6.45, 7) is 4.47. The molecule has 0 radical (unpaired) electrons. The lowest BCUT2D eigenvalue weighted by Gasteiger charge is -2.36. The largest absolute Gasteiger partial charge is 0.493 e. The summed E-state index contributed by atoms with van der Waals surface area (Å²) in [4.78, 5) is 15.1. The van der Waals surface area contributed by atoms with E-state index in [0.29, 0.717) is 35.5 Å². The van der Waals surface area contributed by atoms with E-state index in [9.17, 15) is 4.79 Å². The number of piperidine rings is 1. The van der Waals surface area contributed by atoms with Gasteiger partial charge >= 0.3 is 5.97 Å². The molecule has 3 rings (SSSR count). The maximum atomic E-state index is 12.6. The van der Waals surface area contributed by atoms with Gasteiger partial charge in [0, 0.05) is 12.6 Å². The molecular weight excluding hydrogens is 394 g/mol. The number of rotatable bonds is 9. The number of carbonyl (C=O) groups is 1. The predicted octanol–water partition coefficient (Wildman–Crippen LogP) is 4.79. The summed E-state index contributed by atoms with van der Waals surface area (Å²) >= 11 is 0. The third-order valence-corrected chi connectivity index (χ3v) is 5.80. The van der Waals surface area contributed by atoms with E-state index in [-0.39, 0.29) is 0 Å². The van der Waals surface area contributed by atoms with Crippen LogP contribution in [0.4, 0.5) is 0 Å². The monoisotopic (exact) mass is 427 g/mol. The van der Waals surface area contributed by atoms with Crippen molar-refractivity contribution in [2.45, 2.75) is 38.6 Å². The standard InChI is InChI=1S/C25H33NO5/c1-18-9-11-19(12-10-18)21-8-5-6-13-26(21)14-7-15-31-25(27)20-16-22(28-2)24(30-4)23(17-20)29-3/h9-12,16-17,21H,5-8,13-15H2,1-4H3. The molecule has 0 aromatic heterocycles. The Hall–Kier alpha value is -2.73. The minimum absolute atomic E-state index is 0.368. The van der Waals surface area contributed by atoms with Gasteiger partial charge in [-0.15, -0.1) is 0 Å². The number of nitrogens with zero attached hydrogens (tertiary/aromatic N) is 1. The molecule has 1 saturated heterocycles. The number of methoxy groups -OCH3 is 3. The van der Waals surface area contributed by atoms with Crippen LogP contribution in [0.5, 0.6) is 17.2 Å². The molecule has 0 aliphatic carbocycles. The van der Waals surface area contributed by atoms with Crippen molar-refractivity contribution in [3.05, 3.63) is 53.1 Å². The first-order valence-corrected chi connectivity index (χ1v) is 10.8. The van der Waals surface area contributed by atoms with Crippen molar-refractivity contribution in [2.75, 3.05) is 41.0 Å². The Morgan fingerprint density at radius 3 is 2.29 bits per heavy atom. The molecule has 0 N–H and O–H groups in total. The molecule has 0 spiro atoms. The van der Waals surface area contributed by atoms with E-state index in [1.807, 2.05) is 0 Å². The number of carbonyl (C=O) groups excluding carboxylic acids is 1. The molecule has 0 saturated carbocycles. The van der Waals surface area contributed by atoms with Crippen LogP contribution in [0.3, 0.4) is 0 Å². The topological polar surface area (TPSA) is 57.2 Å². The second kappa shape index (κ2) is 11.0. The number of esters is 1. The van der Waals surface area contributed by atoms with Crippen molar-refractivity contribution in [2.24, 2.45) is 0 Å². The van der Waals surface area contributed by atoms with Gasteiger partial charge in [0.25, 0.3) is 0 Å². The van der Waals surface area contributed by atoms with Crippen molar-refractivity contribution in [1.29, 1.82) is 0 Å². The lowest BCUT2D eigenvalue weighted by Crippen LogP contribution is -2.34. The highest BCUT2D eigenvalue weighted by Gasteiger charge is 2.23. The molecule has 2 aromatic carbocycles. The Bertz CT molecular complexity index is 840. The van der Waals surface area contributed by atoms with Crippen LogP contribution in [0, 0.1) is 6.92 Å². The summed E-state index contributed by atoms with van der Waals surface area (Å²) in [6.07, 6.45) is 4.44.